The van der Waals surface area contributed by atoms with E-state index in [2.05, 4.69) is 5.16 Å². The molecule has 0 aliphatic rings. The second kappa shape index (κ2) is 4.41. The van der Waals surface area contributed by atoms with Gasteiger partial charge in [-0.2, -0.15) is 0 Å². The Kier molecular flexibility index (Phi) is 2.71. The van der Waals surface area contributed by atoms with Crippen LogP contribution in [0.2, 0.25) is 0 Å². The third-order valence-corrected chi connectivity index (χ3v) is 3.29. The summed E-state index contributed by atoms with van der Waals surface area (Å²) < 4.78 is 12.1. The molecule has 2 aromatic heterocycles. The highest BCUT2D eigenvalue weighted by Gasteiger charge is 2.20. The Labute approximate surface area is 114 Å². The maximum atomic E-state index is 11.2. The van der Waals surface area contributed by atoms with Crippen LogP contribution in [0, 0.1) is 0 Å². The molecule has 0 aliphatic carbocycles. The Balaban J connectivity index is 2.24. The first-order valence-electron chi connectivity index (χ1n) is 5.93. The van der Waals surface area contributed by atoms with E-state index in [1.165, 1.54) is 6.20 Å². The van der Waals surface area contributed by atoms with E-state index in [1.54, 1.807) is 7.11 Å². The van der Waals surface area contributed by atoms with Gasteiger partial charge in [0.1, 0.15) is 11.3 Å². The number of aryl methyl sites for hydroxylation is 1. The summed E-state index contributed by atoms with van der Waals surface area (Å²) >= 11 is 0. The molecule has 0 saturated carbocycles. The number of carbonyl (C=O) groups is 1. The molecule has 3 rings (SSSR count). The van der Waals surface area contributed by atoms with Crippen molar-refractivity contribution in [2.45, 2.75) is 0 Å². The van der Waals surface area contributed by atoms with E-state index in [1.807, 2.05) is 35.9 Å². The number of hydrogen-bond donors (Lipinski definition) is 1. The van der Waals surface area contributed by atoms with Gasteiger partial charge in [-0.05, 0) is 18.2 Å². The van der Waals surface area contributed by atoms with Crippen LogP contribution in [0.4, 0.5) is 0 Å². The number of benzene rings is 1. The van der Waals surface area contributed by atoms with Crippen LogP contribution < -0.4 is 4.74 Å². The molecule has 0 atom stereocenters. The van der Waals surface area contributed by atoms with Gasteiger partial charge in [-0.1, -0.05) is 5.16 Å². The molecule has 1 aromatic carbocycles. The molecule has 1 N–H and O–H groups in total. The lowest BCUT2D eigenvalue weighted by atomic mass is 10.2. The lowest BCUT2D eigenvalue weighted by Gasteiger charge is -2.03. The zero-order chi connectivity index (χ0) is 14.3. The van der Waals surface area contributed by atoms with Crippen LogP contribution >= 0.6 is 0 Å². The maximum Gasteiger partial charge on any atom is 0.341 e. The molecule has 0 unspecified atom stereocenters. The highest BCUT2D eigenvalue weighted by atomic mass is 16.5. The molecule has 0 saturated heterocycles. The third-order valence-electron chi connectivity index (χ3n) is 3.29. The molecule has 20 heavy (non-hydrogen) atoms. The normalized spacial score (nSPS) is 10.9. The second-order valence-electron chi connectivity index (χ2n) is 4.39. The van der Waals surface area contributed by atoms with Crippen molar-refractivity contribution >= 4 is 16.9 Å². The molecule has 0 aliphatic heterocycles. The van der Waals surface area contributed by atoms with Crippen LogP contribution in [0.1, 0.15) is 10.4 Å². The number of nitrogens with zero attached hydrogens (tertiary/aromatic N) is 2. The summed E-state index contributed by atoms with van der Waals surface area (Å²) in [6.45, 7) is 0. The van der Waals surface area contributed by atoms with Gasteiger partial charge >= 0.3 is 5.97 Å². The molecule has 6 heteroatoms. The number of rotatable bonds is 3. The Morgan fingerprint density at radius 1 is 1.40 bits per heavy atom. The number of ether oxygens (including phenoxy) is 1. The van der Waals surface area contributed by atoms with E-state index in [9.17, 15) is 4.79 Å². The first kappa shape index (κ1) is 12.3. The molecule has 0 spiro atoms. The van der Waals surface area contributed by atoms with Crippen molar-refractivity contribution in [3.05, 3.63) is 36.0 Å². The third kappa shape index (κ3) is 1.73. The fraction of sp³-hybridized carbons (Fsp3) is 0.143. The molecule has 102 valence electrons. The largest absolute Gasteiger partial charge is 0.497 e. The zero-order valence-electron chi connectivity index (χ0n) is 11.0. The van der Waals surface area contributed by atoms with E-state index >= 15 is 0 Å². The highest BCUT2D eigenvalue weighted by Crippen LogP contribution is 2.31. The zero-order valence-corrected chi connectivity index (χ0v) is 11.0. The van der Waals surface area contributed by atoms with E-state index in [0.29, 0.717) is 5.69 Å². The van der Waals surface area contributed by atoms with Gasteiger partial charge in [-0.25, -0.2) is 4.79 Å². The Morgan fingerprint density at radius 3 is 2.90 bits per heavy atom. The Bertz CT molecular complexity index is 801. The number of aromatic carboxylic acids is 1. The van der Waals surface area contributed by atoms with E-state index < -0.39 is 5.97 Å². The van der Waals surface area contributed by atoms with Crippen LogP contribution in [0.15, 0.2) is 35.0 Å². The Hall–Kier alpha value is -2.76. The molecule has 0 radical (unpaired) electrons. The molecular formula is C14H12N2O4. The smallest absolute Gasteiger partial charge is 0.341 e. The standard InChI is InChI=1S/C14H12N2O4/c1-16-11-6-9(19-2)4-3-8(11)5-12(16)13-10(14(17)18)7-15-20-13/h3-7H,1-2H3,(H,17,18). The van der Waals surface area contributed by atoms with Crippen molar-refractivity contribution in [1.82, 2.24) is 9.72 Å². The van der Waals surface area contributed by atoms with Gasteiger partial charge in [-0.15, -0.1) is 0 Å². The predicted molar refractivity (Wildman–Crippen MR) is 71.9 cm³/mol. The maximum absolute atomic E-state index is 11.2. The number of carboxylic acid groups (broad SMARTS) is 1. The molecule has 0 fully saturated rings. The minimum Gasteiger partial charge on any atom is -0.497 e. The number of fused-ring (bicyclic) bond motifs is 1. The average molecular weight is 272 g/mol. The number of methoxy groups -OCH3 is 1. The monoisotopic (exact) mass is 272 g/mol. The van der Waals surface area contributed by atoms with Gasteiger partial charge in [-0.3, -0.25) is 0 Å². The minimum absolute atomic E-state index is 0.0443. The fourth-order valence-electron chi connectivity index (χ4n) is 2.23. The van der Waals surface area contributed by atoms with Gasteiger partial charge in [0.2, 0.25) is 0 Å². The first-order valence-corrected chi connectivity index (χ1v) is 5.93. The molecule has 3 aromatic rings. The highest BCUT2D eigenvalue weighted by molar-refractivity contribution is 5.96. The second-order valence-corrected chi connectivity index (χ2v) is 4.39. The van der Waals surface area contributed by atoms with Crippen molar-refractivity contribution in [2.24, 2.45) is 7.05 Å². The number of aromatic nitrogens is 2. The van der Waals surface area contributed by atoms with Gasteiger partial charge < -0.3 is 18.9 Å². The first-order chi connectivity index (χ1) is 9.61. The van der Waals surface area contributed by atoms with Crippen molar-refractivity contribution in [1.29, 1.82) is 0 Å². The summed E-state index contributed by atoms with van der Waals surface area (Å²) in [5.74, 6) is -0.0828. The fourth-order valence-corrected chi connectivity index (χ4v) is 2.23. The topological polar surface area (TPSA) is 77.5 Å². The molecular weight excluding hydrogens is 260 g/mol. The lowest BCUT2D eigenvalue weighted by Crippen LogP contribution is -1.98. The SMILES string of the molecule is COc1ccc2cc(-c3oncc3C(=O)O)n(C)c2c1. The van der Waals surface area contributed by atoms with Crippen LogP contribution in [-0.2, 0) is 7.05 Å². The molecule has 2 heterocycles. The number of hydrogen-bond acceptors (Lipinski definition) is 4. The quantitative estimate of drug-likeness (QED) is 0.792. The minimum atomic E-state index is -1.07. The van der Waals surface area contributed by atoms with Crippen LogP contribution in [0.5, 0.6) is 5.75 Å². The molecule has 6 nitrogen and oxygen atoms in total. The predicted octanol–water partition coefficient (Wildman–Crippen LogP) is 2.54. The summed E-state index contributed by atoms with van der Waals surface area (Å²) in [6.07, 6.45) is 1.20. The number of carboxylic acids is 1. The van der Waals surface area contributed by atoms with E-state index in [-0.39, 0.29) is 11.3 Å². The van der Waals surface area contributed by atoms with Gasteiger partial charge in [0.05, 0.1) is 24.5 Å². The average Bonchev–Trinajstić information content (AvgIpc) is 3.03. The van der Waals surface area contributed by atoms with E-state index in [4.69, 9.17) is 14.4 Å². The summed E-state index contributed by atoms with van der Waals surface area (Å²) in [4.78, 5) is 11.2. The summed E-state index contributed by atoms with van der Waals surface area (Å²) in [5.41, 5.74) is 1.62. The lowest BCUT2D eigenvalue weighted by molar-refractivity contribution is 0.0697. The van der Waals surface area contributed by atoms with Crippen molar-refractivity contribution in [3.8, 4) is 17.2 Å². The van der Waals surface area contributed by atoms with Crippen LogP contribution in [-0.4, -0.2) is 27.9 Å². The molecule has 0 bridgehead atoms. The molecule has 0 amide bonds. The van der Waals surface area contributed by atoms with E-state index in [0.717, 1.165) is 16.7 Å². The van der Waals surface area contributed by atoms with Gasteiger partial charge in [0.25, 0.3) is 0 Å². The summed E-state index contributed by atoms with van der Waals surface area (Å²) in [7, 11) is 3.44. The van der Waals surface area contributed by atoms with Gasteiger partial charge in [0.15, 0.2) is 5.76 Å². The van der Waals surface area contributed by atoms with Crippen molar-refractivity contribution in [2.75, 3.05) is 7.11 Å². The van der Waals surface area contributed by atoms with Crippen LogP contribution in [0.25, 0.3) is 22.4 Å². The van der Waals surface area contributed by atoms with Crippen molar-refractivity contribution in [3.63, 3.8) is 0 Å². The van der Waals surface area contributed by atoms with Crippen LogP contribution in [0.3, 0.4) is 0 Å². The summed E-state index contributed by atoms with van der Waals surface area (Å²) in [6, 6.07) is 7.51. The van der Waals surface area contributed by atoms with Crippen molar-refractivity contribution < 1.29 is 19.2 Å². The van der Waals surface area contributed by atoms with Gasteiger partial charge in [0, 0.05) is 18.5 Å². The summed E-state index contributed by atoms with van der Waals surface area (Å²) in [5, 5.41) is 13.7. The Morgan fingerprint density at radius 2 is 2.20 bits per heavy atom.